The maximum absolute atomic E-state index is 12.2. The minimum Gasteiger partial charge on any atom is -0.310 e. The number of carbonyl (C=O) groups excluding carboxylic acids is 1. The third kappa shape index (κ3) is 4.04. The van der Waals surface area contributed by atoms with Crippen molar-refractivity contribution in [2.24, 2.45) is 30.2 Å². The highest BCUT2D eigenvalue weighted by Crippen LogP contribution is 2.60. The van der Waals surface area contributed by atoms with Crippen LogP contribution in [0.5, 0.6) is 0 Å². The first kappa shape index (κ1) is 19.4. The van der Waals surface area contributed by atoms with Gasteiger partial charge >= 0.3 is 0 Å². The van der Waals surface area contributed by atoms with Crippen LogP contribution < -0.4 is 5.32 Å². The number of anilines is 1. The summed E-state index contributed by atoms with van der Waals surface area (Å²) in [5.74, 6) is 4.54. The summed E-state index contributed by atoms with van der Waals surface area (Å²) in [4.78, 5) is 16.3. The third-order valence-electron chi connectivity index (χ3n) is 6.95. The molecule has 4 bridgehead atoms. The lowest BCUT2D eigenvalue weighted by atomic mass is 9.49. The predicted octanol–water partition coefficient (Wildman–Crippen LogP) is 4.35. The number of pyridine rings is 1. The lowest BCUT2D eigenvalue weighted by molar-refractivity contribution is -0.113. The molecule has 4 aliphatic rings. The van der Waals surface area contributed by atoms with Gasteiger partial charge in [0.15, 0.2) is 5.16 Å². The second-order valence-electron chi connectivity index (χ2n) is 9.25. The van der Waals surface area contributed by atoms with E-state index in [0.717, 1.165) is 35.2 Å². The summed E-state index contributed by atoms with van der Waals surface area (Å²) in [6.45, 7) is 0. The number of hydrogen-bond donors (Lipinski definition) is 1. The van der Waals surface area contributed by atoms with Crippen LogP contribution in [-0.4, -0.2) is 31.4 Å². The normalized spacial score (nSPS) is 29.9. The van der Waals surface area contributed by atoms with E-state index >= 15 is 0 Å². The molecule has 2 aromatic rings. The minimum absolute atomic E-state index is 0.115. The smallest absolute Gasteiger partial charge is 0.236 e. The number of rotatable bonds is 6. The maximum Gasteiger partial charge on any atom is 0.236 e. The van der Waals surface area contributed by atoms with Gasteiger partial charge in [0.1, 0.15) is 11.6 Å². The van der Waals surface area contributed by atoms with Gasteiger partial charge < -0.3 is 9.88 Å². The molecular weight excluding hydrogens is 406 g/mol. The SMILES string of the molecule is Cn1c(CC23CC4CC(CC(C4)C2)C3)nnc1SCC(=O)Nc1ccc(Cl)cn1. The Hall–Kier alpha value is -1.60. The van der Waals surface area contributed by atoms with E-state index in [2.05, 4.69) is 25.1 Å². The van der Waals surface area contributed by atoms with Crippen LogP contribution in [0.2, 0.25) is 5.02 Å². The lowest BCUT2D eigenvalue weighted by Gasteiger charge is -2.56. The van der Waals surface area contributed by atoms with E-state index in [1.54, 1.807) is 12.1 Å². The van der Waals surface area contributed by atoms with Crippen LogP contribution in [-0.2, 0) is 18.3 Å². The standard InChI is InChI=1S/C21H26ClN5OS/c1-27-18(10-21-7-13-4-14(8-21)6-15(5-13)9-21)25-26-20(27)29-12-19(28)24-17-3-2-16(22)11-23-17/h2-3,11,13-15H,4-10,12H2,1H3,(H,23,24,28). The average molecular weight is 432 g/mol. The molecule has 0 spiro atoms. The fourth-order valence-corrected chi connectivity index (χ4v) is 7.07. The molecule has 8 heteroatoms. The number of nitrogens with one attached hydrogen (secondary N) is 1. The van der Waals surface area contributed by atoms with Crippen molar-refractivity contribution in [3.63, 3.8) is 0 Å². The number of hydrogen-bond acceptors (Lipinski definition) is 5. The molecule has 0 aromatic carbocycles. The van der Waals surface area contributed by atoms with Crippen LogP contribution in [0.4, 0.5) is 5.82 Å². The first-order chi connectivity index (χ1) is 14.0. The Labute approximate surface area is 180 Å². The van der Waals surface area contributed by atoms with Crippen molar-refractivity contribution in [1.29, 1.82) is 0 Å². The minimum atomic E-state index is -0.115. The van der Waals surface area contributed by atoms with Crippen molar-refractivity contribution in [1.82, 2.24) is 19.7 Å². The topological polar surface area (TPSA) is 72.7 Å². The average Bonchev–Trinajstić information content (AvgIpc) is 3.00. The molecule has 154 valence electrons. The molecule has 0 unspecified atom stereocenters. The van der Waals surface area contributed by atoms with Gasteiger partial charge in [0.2, 0.25) is 5.91 Å². The van der Waals surface area contributed by atoms with E-state index < -0.39 is 0 Å². The number of carbonyl (C=O) groups is 1. The van der Waals surface area contributed by atoms with Gasteiger partial charge in [-0.1, -0.05) is 23.4 Å². The van der Waals surface area contributed by atoms with Crippen LogP contribution in [0.1, 0.15) is 44.3 Å². The van der Waals surface area contributed by atoms with Crippen molar-refractivity contribution in [3.05, 3.63) is 29.2 Å². The first-order valence-corrected chi connectivity index (χ1v) is 11.8. The van der Waals surface area contributed by atoms with Gasteiger partial charge in [0.25, 0.3) is 0 Å². The molecule has 2 heterocycles. The van der Waals surface area contributed by atoms with Crippen molar-refractivity contribution in [3.8, 4) is 0 Å². The summed E-state index contributed by atoms with van der Waals surface area (Å²) in [5.41, 5.74) is 0.440. The van der Waals surface area contributed by atoms with Gasteiger partial charge in [-0.25, -0.2) is 4.98 Å². The zero-order valence-corrected chi connectivity index (χ0v) is 18.2. The molecular formula is C21H26ClN5OS. The Morgan fingerprint density at radius 2 is 1.90 bits per heavy atom. The second kappa shape index (κ2) is 7.58. The largest absolute Gasteiger partial charge is 0.310 e. The van der Waals surface area contributed by atoms with Crippen LogP contribution in [0.25, 0.3) is 0 Å². The van der Waals surface area contributed by atoms with E-state index in [1.807, 2.05) is 7.05 Å². The zero-order valence-electron chi connectivity index (χ0n) is 16.6. The van der Waals surface area contributed by atoms with Crippen molar-refractivity contribution < 1.29 is 4.79 Å². The summed E-state index contributed by atoms with van der Waals surface area (Å²) < 4.78 is 2.08. The van der Waals surface area contributed by atoms with Gasteiger partial charge in [-0.2, -0.15) is 0 Å². The molecule has 29 heavy (non-hydrogen) atoms. The van der Waals surface area contributed by atoms with Gasteiger partial charge in [-0.3, -0.25) is 4.79 Å². The monoisotopic (exact) mass is 431 g/mol. The summed E-state index contributed by atoms with van der Waals surface area (Å²) in [7, 11) is 2.02. The lowest BCUT2D eigenvalue weighted by Crippen LogP contribution is -2.47. The quantitative estimate of drug-likeness (QED) is 0.688. The van der Waals surface area contributed by atoms with E-state index in [1.165, 1.54) is 56.5 Å². The Morgan fingerprint density at radius 3 is 2.52 bits per heavy atom. The van der Waals surface area contributed by atoms with Crippen LogP contribution in [0.3, 0.4) is 0 Å². The highest BCUT2D eigenvalue weighted by molar-refractivity contribution is 7.99. The van der Waals surface area contributed by atoms with Gasteiger partial charge in [-0.15, -0.1) is 10.2 Å². The summed E-state index contributed by atoms with van der Waals surface area (Å²) in [6.07, 6.45) is 11.0. The number of thioether (sulfide) groups is 1. The number of amides is 1. The van der Waals surface area contributed by atoms with Crippen LogP contribution in [0.15, 0.2) is 23.5 Å². The summed E-state index contributed by atoms with van der Waals surface area (Å²) in [5, 5.41) is 13.0. The molecule has 4 aliphatic carbocycles. The summed E-state index contributed by atoms with van der Waals surface area (Å²) in [6, 6.07) is 3.40. The Kier molecular flexibility index (Phi) is 5.06. The molecule has 4 saturated carbocycles. The number of nitrogens with zero attached hydrogens (tertiary/aromatic N) is 4. The fourth-order valence-electron chi connectivity index (χ4n) is 6.23. The van der Waals surface area contributed by atoms with Crippen LogP contribution >= 0.6 is 23.4 Å². The van der Waals surface area contributed by atoms with E-state index in [-0.39, 0.29) is 11.7 Å². The fraction of sp³-hybridized carbons (Fsp3) is 0.619. The molecule has 6 rings (SSSR count). The molecule has 1 amide bonds. The van der Waals surface area contributed by atoms with Gasteiger partial charge in [0.05, 0.1) is 10.8 Å². The Balaban J connectivity index is 1.20. The Bertz CT molecular complexity index is 877. The maximum atomic E-state index is 12.2. The molecule has 2 aromatic heterocycles. The van der Waals surface area contributed by atoms with Gasteiger partial charge in [-0.05, 0) is 73.8 Å². The van der Waals surface area contributed by atoms with Crippen molar-refractivity contribution in [2.45, 2.75) is 50.1 Å². The van der Waals surface area contributed by atoms with Crippen LogP contribution in [0, 0.1) is 23.2 Å². The molecule has 1 N–H and O–H groups in total. The summed E-state index contributed by atoms with van der Waals surface area (Å²) >= 11 is 7.24. The van der Waals surface area contributed by atoms with Crippen molar-refractivity contribution in [2.75, 3.05) is 11.1 Å². The molecule has 4 fully saturated rings. The van der Waals surface area contributed by atoms with E-state index in [4.69, 9.17) is 11.6 Å². The number of halogens is 1. The molecule has 6 nitrogen and oxygen atoms in total. The van der Waals surface area contributed by atoms with Gasteiger partial charge in [0, 0.05) is 19.7 Å². The third-order valence-corrected chi connectivity index (χ3v) is 8.19. The molecule has 0 aliphatic heterocycles. The highest BCUT2D eigenvalue weighted by atomic mass is 35.5. The number of aromatic nitrogens is 4. The van der Waals surface area contributed by atoms with E-state index in [9.17, 15) is 4.79 Å². The molecule has 0 radical (unpaired) electrons. The molecule has 0 saturated heterocycles. The second-order valence-corrected chi connectivity index (χ2v) is 10.6. The molecule has 0 atom stereocenters. The zero-order chi connectivity index (χ0) is 20.0. The Morgan fingerprint density at radius 1 is 1.21 bits per heavy atom. The van der Waals surface area contributed by atoms with E-state index in [0.29, 0.717) is 16.3 Å². The predicted molar refractivity (Wildman–Crippen MR) is 114 cm³/mol. The highest BCUT2D eigenvalue weighted by Gasteiger charge is 2.51. The van der Waals surface area contributed by atoms with Crippen molar-refractivity contribution >= 4 is 35.1 Å². The first-order valence-electron chi connectivity index (χ1n) is 10.4.